The number of nitrogens with zero attached hydrogens (tertiary/aromatic N) is 1. The molecule has 0 bridgehead atoms. The molecule has 2 fully saturated rings. The number of ether oxygens (including phenoxy) is 2. The minimum Gasteiger partial charge on any atom is -0.462 e. The zero-order chi connectivity index (χ0) is 15.8. The molecule has 2 heterocycles. The third-order valence-electron chi connectivity index (χ3n) is 3.12. The predicted molar refractivity (Wildman–Crippen MR) is 61.9 cm³/mol. The van der Waals surface area contributed by atoms with E-state index in [0.717, 1.165) is 0 Å². The molecule has 0 spiro atoms. The Bertz CT molecular complexity index is 608. The normalized spacial score (nSPS) is 28.0. The molecule has 11 heteroatoms. The Morgan fingerprint density at radius 1 is 1.00 bits per heavy atom. The molecule has 116 valence electrons. The van der Waals surface area contributed by atoms with Gasteiger partial charge in [-0.05, 0) is 0 Å². The fourth-order valence-electron chi connectivity index (χ4n) is 2.18. The van der Waals surface area contributed by atoms with Crippen LogP contribution in [0.3, 0.4) is 0 Å². The van der Waals surface area contributed by atoms with Crippen LogP contribution >= 0.6 is 0 Å². The molecular weight excluding hydrogens is 310 g/mol. The number of hydrogen-bond acceptors (Lipinski definition) is 8. The van der Waals surface area contributed by atoms with Gasteiger partial charge in [-0.3, -0.25) is 18.9 Å². The van der Waals surface area contributed by atoms with Crippen molar-refractivity contribution in [2.24, 2.45) is 0 Å². The molecule has 1 atom stereocenters. The zero-order valence-electron chi connectivity index (χ0n) is 10.6. The number of carbonyl (C=O) groups is 4. The van der Waals surface area contributed by atoms with Crippen LogP contribution in [0.2, 0.25) is 0 Å². The van der Waals surface area contributed by atoms with Crippen LogP contribution in [0.15, 0.2) is 0 Å². The van der Waals surface area contributed by atoms with Crippen LogP contribution in [0, 0.1) is 0 Å². The Labute approximate surface area is 118 Å². The maximum absolute atomic E-state index is 12.0. The van der Waals surface area contributed by atoms with Gasteiger partial charge in [-0.2, -0.15) is 8.42 Å². The summed E-state index contributed by atoms with van der Waals surface area (Å²) in [5.41, 5.74) is 0. The predicted octanol–water partition coefficient (Wildman–Crippen LogP) is -1.79. The van der Waals surface area contributed by atoms with Gasteiger partial charge in [0.15, 0.2) is 0 Å². The van der Waals surface area contributed by atoms with Crippen molar-refractivity contribution in [1.29, 1.82) is 0 Å². The monoisotopic (exact) mass is 321 g/mol. The van der Waals surface area contributed by atoms with Gasteiger partial charge in [0.25, 0.3) is 4.87 Å². The molecule has 10 nitrogen and oxygen atoms in total. The van der Waals surface area contributed by atoms with Crippen molar-refractivity contribution in [3.8, 4) is 0 Å². The maximum Gasteiger partial charge on any atom is 0.351 e. The van der Waals surface area contributed by atoms with Crippen molar-refractivity contribution in [3.05, 3.63) is 0 Å². The molecule has 1 unspecified atom stereocenters. The molecule has 0 aliphatic carbocycles. The highest BCUT2D eigenvalue weighted by Gasteiger charge is 2.63. The van der Waals surface area contributed by atoms with E-state index in [-0.39, 0.29) is 24.3 Å². The van der Waals surface area contributed by atoms with Gasteiger partial charge >= 0.3 is 22.1 Å². The SMILES string of the molecule is O=C1CC(N2C(=O)CCC2=O)(S(=O)(=O)O)C(=O)OCCO1. The largest absolute Gasteiger partial charge is 0.462 e. The summed E-state index contributed by atoms with van der Waals surface area (Å²) in [4.78, 5) is 44.1. The minimum absolute atomic E-state index is 0.0806. The Hall–Kier alpha value is -2.01. The number of amides is 2. The molecule has 0 aromatic carbocycles. The summed E-state index contributed by atoms with van der Waals surface area (Å²) in [6.45, 7) is -0.758. The van der Waals surface area contributed by atoms with Gasteiger partial charge in [-0.15, -0.1) is 0 Å². The molecule has 0 aromatic rings. The molecule has 21 heavy (non-hydrogen) atoms. The second-order valence-electron chi connectivity index (χ2n) is 4.42. The van der Waals surface area contributed by atoms with Crippen LogP contribution < -0.4 is 0 Å². The van der Waals surface area contributed by atoms with Crippen LogP contribution in [0.25, 0.3) is 0 Å². The van der Waals surface area contributed by atoms with E-state index in [1.807, 2.05) is 0 Å². The van der Waals surface area contributed by atoms with Gasteiger partial charge in [0.2, 0.25) is 11.8 Å². The van der Waals surface area contributed by atoms with Crippen LogP contribution in [-0.4, -0.2) is 59.7 Å². The average molecular weight is 321 g/mol. The van der Waals surface area contributed by atoms with Gasteiger partial charge in [0, 0.05) is 12.8 Å². The molecule has 2 rings (SSSR count). The van der Waals surface area contributed by atoms with Gasteiger partial charge in [0.1, 0.15) is 13.2 Å². The Balaban J connectivity index is 2.64. The molecule has 2 saturated heterocycles. The first-order valence-corrected chi connectivity index (χ1v) is 7.30. The number of likely N-dealkylation sites (tertiary alicyclic amines) is 1. The maximum atomic E-state index is 12.0. The summed E-state index contributed by atoms with van der Waals surface area (Å²) < 4.78 is 42.0. The lowest BCUT2D eigenvalue weighted by molar-refractivity contribution is -0.171. The summed E-state index contributed by atoms with van der Waals surface area (Å²) in [7, 11) is -5.35. The number of cyclic esters (lactones) is 2. The van der Waals surface area contributed by atoms with E-state index < -0.39 is 51.8 Å². The lowest BCUT2D eigenvalue weighted by Gasteiger charge is -2.35. The van der Waals surface area contributed by atoms with Crippen molar-refractivity contribution in [3.63, 3.8) is 0 Å². The van der Waals surface area contributed by atoms with Gasteiger partial charge < -0.3 is 9.47 Å². The van der Waals surface area contributed by atoms with Crippen molar-refractivity contribution < 1.29 is 41.6 Å². The van der Waals surface area contributed by atoms with Gasteiger partial charge in [-0.1, -0.05) is 0 Å². The smallest absolute Gasteiger partial charge is 0.351 e. The summed E-state index contributed by atoms with van der Waals surface area (Å²) in [5.74, 6) is -4.71. The van der Waals surface area contributed by atoms with Crippen LogP contribution in [-0.2, 0) is 38.8 Å². The Kier molecular flexibility index (Phi) is 3.72. The summed E-state index contributed by atoms with van der Waals surface area (Å²) in [5, 5.41) is 0. The van der Waals surface area contributed by atoms with Crippen LogP contribution in [0.5, 0.6) is 0 Å². The molecular formula is C10H11NO9S. The Morgan fingerprint density at radius 2 is 1.52 bits per heavy atom. The fourth-order valence-corrected chi connectivity index (χ4v) is 3.19. The van der Waals surface area contributed by atoms with Crippen molar-refractivity contribution in [2.75, 3.05) is 13.2 Å². The van der Waals surface area contributed by atoms with Crippen molar-refractivity contribution in [2.45, 2.75) is 24.1 Å². The highest BCUT2D eigenvalue weighted by Crippen LogP contribution is 2.34. The van der Waals surface area contributed by atoms with Gasteiger partial charge in [-0.25, -0.2) is 9.69 Å². The lowest BCUT2D eigenvalue weighted by atomic mass is 10.1. The van der Waals surface area contributed by atoms with E-state index in [4.69, 9.17) is 0 Å². The van der Waals surface area contributed by atoms with E-state index in [9.17, 15) is 32.1 Å². The van der Waals surface area contributed by atoms with Crippen LogP contribution in [0.1, 0.15) is 19.3 Å². The van der Waals surface area contributed by atoms with Crippen LogP contribution in [0.4, 0.5) is 0 Å². The number of esters is 2. The van der Waals surface area contributed by atoms with E-state index in [0.29, 0.717) is 0 Å². The molecule has 0 saturated carbocycles. The molecule has 1 N–H and O–H groups in total. The summed E-state index contributed by atoms with van der Waals surface area (Å²) >= 11 is 0. The third-order valence-corrected chi connectivity index (χ3v) is 4.47. The topological polar surface area (TPSA) is 144 Å². The number of rotatable bonds is 2. The molecule has 0 radical (unpaired) electrons. The van der Waals surface area contributed by atoms with E-state index >= 15 is 0 Å². The summed E-state index contributed by atoms with van der Waals surface area (Å²) in [6.07, 6.45) is -1.89. The van der Waals surface area contributed by atoms with Gasteiger partial charge in [0.05, 0.1) is 6.42 Å². The Morgan fingerprint density at radius 3 is 2.05 bits per heavy atom. The molecule has 2 aliphatic heterocycles. The molecule has 0 aromatic heterocycles. The quantitative estimate of drug-likeness (QED) is 0.354. The molecule has 2 aliphatic rings. The average Bonchev–Trinajstić information content (AvgIpc) is 2.68. The van der Waals surface area contributed by atoms with Crippen molar-refractivity contribution in [1.82, 2.24) is 4.90 Å². The number of imide groups is 1. The standard InChI is InChI=1S/C10H11NO9S/c12-6-1-2-7(13)11(6)10(21(16,17)18)5-8(14)19-3-4-20-9(10)15/h1-5H2,(H,16,17,18). The fraction of sp³-hybridized carbons (Fsp3) is 0.600. The second kappa shape index (κ2) is 5.07. The number of hydrogen-bond donors (Lipinski definition) is 1. The van der Waals surface area contributed by atoms with E-state index in [1.54, 1.807) is 0 Å². The van der Waals surface area contributed by atoms with E-state index in [1.165, 1.54) is 0 Å². The first-order valence-electron chi connectivity index (χ1n) is 5.86. The minimum atomic E-state index is -5.35. The van der Waals surface area contributed by atoms with E-state index in [2.05, 4.69) is 9.47 Å². The molecule has 2 amide bonds. The highest BCUT2D eigenvalue weighted by atomic mass is 32.2. The summed E-state index contributed by atoms with van der Waals surface area (Å²) in [6, 6.07) is 0. The zero-order valence-corrected chi connectivity index (χ0v) is 11.4. The second-order valence-corrected chi connectivity index (χ2v) is 6.04. The third kappa shape index (κ3) is 2.38. The first-order chi connectivity index (χ1) is 9.70. The lowest BCUT2D eigenvalue weighted by Crippen LogP contribution is -2.63. The van der Waals surface area contributed by atoms with Crippen molar-refractivity contribution >= 4 is 33.9 Å². The highest BCUT2D eigenvalue weighted by molar-refractivity contribution is 7.88. The first kappa shape index (κ1) is 15.4. The number of carbonyl (C=O) groups excluding carboxylic acids is 4.